The molecule has 1 saturated heterocycles. The first-order chi connectivity index (χ1) is 6.15. The van der Waals surface area contributed by atoms with Crippen LogP contribution in [0.3, 0.4) is 0 Å². The van der Waals surface area contributed by atoms with Crippen LogP contribution in [0.5, 0.6) is 0 Å². The van der Waals surface area contributed by atoms with Gasteiger partial charge in [-0.1, -0.05) is 13.8 Å². The number of piperidine rings is 1. The Kier molecular flexibility index (Phi) is 2.37. The minimum atomic E-state index is 0.494. The van der Waals surface area contributed by atoms with Gasteiger partial charge in [0.2, 0.25) is 0 Å². The van der Waals surface area contributed by atoms with E-state index in [0.717, 1.165) is 24.9 Å². The highest BCUT2D eigenvalue weighted by Crippen LogP contribution is 2.50. The Hall–Kier alpha value is -0.0800. The second-order valence-electron chi connectivity index (χ2n) is 5.21. The van der Waals surface area contributed by atoms with Crippen molar-refractivity contribution in [2.75, 3.05) is 13.1 Å². The summed E-state index contributed by atoms with van der Waals surface area (Å²) >= 11 is 0. The number of hydrogen-bond donors (Lipinski definition) is 1. The van der Waals surface area contributed by atoms with Gasteiger partial charge in [-0.3, -0.25) is 5.84 Å². The lowest BCUT2D eigenvalue weighted by molar-refractivity contribution is 0.0253. The van der Waals surface area contributed by atoms with Crippen LogP contribution in [0.25, 0.3) is 0 Å². The van der Waals surface area contributed by atoms with E-state index in [4.69, 9.17) is 5.84 Å². The molecule has 0 aromatic carbocycles. The number of rotatable bonds is 2. The summed E-state index contributed by atoms with van der Waals surface area (Å²) < 4.78 is 0. The fourth-order valence-corrected chi connectivity index (χ4v) is 2.99. The van der Waals surface area contributed by atoms with Crippen molar-refractivity contribution in [3.05, 3.63) is 0 Å². The average molecular weight is 182 g/mol. The van der Waals surface area contributed by atoms with Crippen LogP contribution in [-0.4, -0.2) is 18.1 Å². The number of hydrogen-bond acceptors (Lipinski definition) is 2. The largest absolute Gasteiger partial charge is 0.269 e. The predicted molar refractivity (Wildman–Crippen MR) is 55.0 cm³/mol. The zero-order valence-corrected chi connectivity index (χ0v) is 8.92. The van der Waals surface area contributed by atoms with Gasteiger partial charge in [0.25, 0.3) is 0 Å². The molecule has 2 N–H and O–H groups in total. The molecule has 2 fully saturated rings. The van der Waals surface area contributed by atoms with E-state index in [1.807, 2.05) is 5.01 Å². The van der Waals surface area contributed by atoms with Gasteiger partial charge >= 0.3 is 0 Å². The van der Waals surface area contributed by atoms with Crippen LogP contribution in [0.2, 0.25) is 0 Å². The van der Waals surface area contributed by atoms with E-state index in [-0.39, 0.29) is 0 Å². The Balaban J connectivity index is 2.07. The second kappa shape index (κ2) is 3.25. The summed E-state index contributed by atoms with van der Waals surface area (Å²) in [7, 11) is 0. The topological polar surface area (TPSA) is 29.3 Å². The average Bonchev–Trinajstić information content (AvgIpc) is 2.88. The van der Waals surface area contributed by atoms with Crippen molar-refractivity contribution in [2.24, 2.45) is 23.1 Å². The molecule has 2 heteroatoms. The molecular weight excluding hydrogens is 160 g/mol. The van der Waals surface area contributed by atoms with E-state index in [1.165, 1.54) is 25.7 Å². The van der Waals surface area contributed by atoms with Gasteiger partial charge in [-0.05, 0) is 42.9 Å². The smallest absolute Gasteiger partial charge is 0.0185 e. The highest BCUT2D eigenvalue weighted by molar-refractivity contribution is 4.95. The van der Waals surface area contributed by atoms with Crippen molar-refractivity contribution in [1.29, 1.82) is 0 Å². The highest BCUT2D eigenvalue weighted by Gasteiger charge is 2.45. The molecule has 13 heavy (non-hydrogen) atoms. The standard InChI is InChI=1S/C11H22N2/c1-3-11(2)8-13(12)7-6-10(11)9-4-5-9/h9-10H,3-8,12H2,1-2H3. The maximum absolute atomic E-state index is 5.90. The van der Waals surface area contributed by atoms with E-state index in [9.17, 15) is 0 Å². The first kappa shape index (κ1) is 9.47. The Morgan fingerprint density at radius 2 is 2.08 bits per heavy atom. The van der Waals surface area contributed by atoms with Crippen LogP contribution in [-0.2, 0) is 0 Å². The Labute approximate surface area is 81.4 Å². The summed E-state index contributed by atoms with van der Waals surface area (Å²) in [5, 5.41) is 2.02. The molecule has 0 bridgehead atoms. The molecule has 1 aliphatic carbocycles. The first-order valence-corrected chi connectivity index (χ1v) is 5.65. The zero-order chi connectivity index (χ0) is 9.47. The van der Waals surface area contributed by atoms with Gasteiger partial charge in [-0.25, -0.2) is 5.01 Å². The van der Waals surface area contributed by atoms with Crippen molar-refractivity contribution in [1.82, 2.24) is 5.01 Å². The maximum Gasteiger partial charge on any atom is 0.0185 e. The first-order valence-electron chi connectivity index (χ1n) is 5.65. The zero-order valence-electron chi connectivity index (χ0n) is 8.92. The lowest BCUT2D eigenvalue weighted by Crippen LogP contribution is -2.50. The van der Waals surface area contributed by atoms with E-state index < -0.39 is 0 Å². The van der Waals surface area contributed by atoms with E-state index >= 15 is 0 Å². The van der Waals surface area contributed by atoms with Gasteiger partial charge in [0.15, 0.2) is 0 Å². The molecule has 0 amide bonds. The maximum atomic E-state index is 5.90. The molecule has 2 atom stereocenters. The SMILES string of the molecule is CCC1(C)CN(N)CCC1C1CC1. The van der Waals surface area contributed by atoms with Crippen LogP contribution in [0.4, 0.5) is 0 Å². The lowest BCUT2D eigenvalue weighted by atomic mass is 9.69. The molecule has 0 aromatic rings. The predicted octanol–water partition coefficient (Wildman–Crippen LogP) is 2.01. The van der Waals surface area contributed by atoms with Crippen molar-refractivity contribution in [3.63, 3.8) is 0 Å². The fourth-order valence-electron chi connectivity index (χ4n) is 2.99. The van der Waals surface area contributed by atoms with Gasteiger partial charge in [0.05, 0.1) is 0 Å². The quantitative estimate of drug-likeness (QED) is 0.662. The number of nitrogens with zero attached hydrogens (tertiary/aromatic N) is 1. The molecule has 1 aliphatic heterocycles. The van der Waals surface area contributed by atoms with Crippen molar-refractivity contribution in [2.45, 2.75) is 39.5 Å². The molecule has 2 aliphatic rings. The Morgan fingerprint density at radius 3 is 2.62 bits per heavy atom. The van der Waals surface area contributed by atoms with E-state index in [2.05, 4.69) is 13.8 Å². The van der Waals surface area contributed by atoms with Crippen LogP contribution < -0.4 is 5.84 Å². The van der Waals surface area contributed by atoms with Gasteiger partial charge in [-0.15, -0.1) is 0 Å². The van der Waals surface area contributed by atoms with Crippen LogP contribution in [0.15, 0.2) is 0 Å². The molecule has 1 saturated carbocycles. The van der Waals surface area contributed by atoms with Crippen molar-refractivity contribution in [3.8, 4) is 0 Å². The highest BCUT2D eigenvalue weighted by atomic mass is 15.4. The molecule has 1 heterocycles. The van der Waals surface area contributed by atoms with Gasteiger partial charge < -0.3 is 0 Å². The summed E-state index contributed by atoms with van der Waals surface area (Å²) in [5.41, 5.74) is 0.494. The van der Waals surface area contributed by atoms with Crippen molar-refractivity contribution < 1.29 is 0 Å². The summed E-state index contributed by atoms with van der Waals surface area (Å²) in [6.45, 7) is 6.95. The third-order valence-corrected chi connectivity index (χ3v) is 4.19. The Bertz CT molecular complexity index is 189. The summed E-state index contributed by atoms with van der Waals surface area (Å²) in [6, 6.07) is 0. The monoisotopic (exact) mass is 182 g/mol. The number of nitrogens with two attached hydrogens (primary N) is 1. The summed E-state index contributed by atoms with van der Waals surface area (Å²) in [5.74, 6) is 7.90. The van der Waals surface area contributed by atoms with Gasteiger partial charge in [-0.2, -0.15) is 0 Å². The minimum absolute atomic E-state index is 0.494. The molecule has 2 unspecified atom stereocenters. The third kappa shape index (κ3) is 1.75. The third-order valence-electron chi connectivity index (χ3n) is 4.19. The second-order valence-corrected chi connectivity index (χ2v) is 5.21. The van der Waals surface area contributed by atoms with Crippen LogP contribution >= 0.6 is 0 Å². The van der Waals surface area contributed by atoms with E-state index in [0.29, 0.717) is 5.41 Å². The molecule has 0 aromatic heterocycles. The summed E-state index contributed by atoms with van der Waals surface area (Å²) in [4.78, 5) is 0. The van der Waals surface area contributed by atoms with Gasteiger partial charge in [0, 0.05) is 13.1 Å². The van der Waals surface area contributed by atoms with Gasteiger partial charge in [0.1, 0.15) is 0 Å². The Morgan fingerprint density at radius 1 is 1.38 bits per heavy atom. The lowest BCUT2D eigenvalue weighted by Gasteiger charge is -2.45. The molecule has 0 radical (unpaired) electrons. The van der Waals surface area contributed by atoms with E-state index in [1.54, 1.807) is 0 Å². The molecule has 0 spiro atoms. The minimum Gasteiger partial charge on any atom is -0.269 e. The molecule has 2 rings (SSSR count). The normalized spacial score (nSPS) is 42.2. The molecule has 2 nitrogen and oxygen atoms in total. The number of hydrazine groups is 1. The van der Waals surface area contributed by atoms with Crippen LogP contribution in [0, 0.1) is 17.3 Å². The van der Waals surface area contributed by atoms with Crippen molar-refractivity contribution >= 4 is 0 Å². The van der Waals surface area contributed by atoms with Crippen LogP contribution in [0.1, 0.15) is 39.5 Å². The molecular formula is C11H22N2. The molecule has 76 valence electrons. The summed E-state index contributed by atoms with van der Waals surface area (Å²) in [6.07, 6.45) is 5.56. The fraction of sp³-hybridized carbons (Fsp3) is 1.00.